The number of nitrogens with zero attached hydrogens (tertiary/aromatic N) is 2. The second-order valence-corrected chi connectivity index (χ2v) is 7.03. The van der Waals surface area contributed by atoms with Crippen molar-refractivity contribution < 1.29 is 14.4 Å². The Hall–Kier alpha value is -2.25. The Balaban J connectivity index is 1.52. The fraction of sp³-hybridized carbons (Fsp3) is 0.500. The van der Waals surface area contributed by atoms with Crippen LogP contribution in [0, 0.1) is 0 Å². The third kappa shape index (κ3) is 2.83. The minimum absolute atomic E-state index is 0.0919. The zero-order chi connectivity index (χ0) is 17.6. The predicted octanol–water partition coefficient (Wildman–Crippen LogP) is -0.149. The number of benzene rings is 1. The van der Waals surface area contributed by atoms with Gasteiger partial charge in [0.1, 0.15) is 6.04 Å². The molecule has 3 heterocycles. The molecule has 1 unspecified atom stereocenters. The summed E-state index contributed by atoms with van der Waals surface area (Å²) in [5.41, 5.74) is 2.73. The fourth-order valence-corrected chi connectivity index (χ4v) is 3.94. The zero-order valence-electron chi connectivity index (χ0n) is 14.2. The average Bonchev–Trinajstić information content (AvgIpc) is 2.88. The lowest BCUT2D eigenvalue weighted by molar-refractivity contribution is -0.136. The molecule has 7 heteroatoms. The predicted molar refractivity (Wildman–Crippen MR) is 90.6 cm³/mol. The quantitative estimate of drug-likeness (QED) is 0.744. The summed E-state index contributed by atoms with van der Waals surface area (Å²) in [6.07, 6.45) is 0.679. The van der Waals surface area contributed by atoms with Crippen molar-refractivity contribution in [3.63, 3.8) is 0 Å². The zero-order valence-corrected chi connectivity index (χ0v) is 14.2. The molecular weight excluding hydrogens is 320 g/mol. The van der Waals surface area contributed by atoms with Gasteiger partial charge in [-0.1, -0.05) is 18.2 Å². The van der Waals surface area contributed by atoms with Gasteiger partial charge >= 0.3 is 0 Å². The van der Waals surface area contributed by atoms with E-state index in [2.05, 4.69) is 15.5 Å². The number of likely N-dealkylation sites (tertiary alicyclic amines) is 1. The van der Waals surface area contributed by atoms with E-state index in [1.807, 2.05) is 25.2 Å². The van der Waals surface area contributed by atoms with E-state index in [9.17, 15) is 14.4 Å². The number of piperidine rings is 1. The normalized spacial score (nSPS) is 24.3. The highest BCUT2D eigenvalue weighted by Crippen LogP contribution is 2.30. The van der Waals surface area contributed by atoms with E-state index >= 15 is 0 Å². The van der Waals surface area contributed by atoms with Crippen LogP contribution in [0.25, 0.3) is 0 Å². The minimum Gasteiger partial charge on any atom is -0.322 e. The lowest BCUT2D eigenvalue weighted by Gasteiger charge is -2.39. The van der Waals surface area contributed by atoms with Gasteiger partial charge in [-0.05, 0) is 24.6 Å². The Bertz CT molecular complexity index is 742. The molecule has 3 aliphatic heterocycles. The van der Waals surface area contributed by atoms with Crippen LogP contribution in [0.5, 0.6) is 0 Å². The number of carbonyl (C=O) groups is 3. The Labute approximate surface area is 146 Å². The molecule has 0 aromatic heterocycles. The molecule has 1 atom stereocenters. The van der Waals surface area contributed by atoms with Gasteiger partial charge in [-0.3, -0.25) is 24.6 Å². The van der Waals surface area contributed by atoms with Crippen LogP contribution in [0.1, 0.15) is 34.3 Å². The summed E-state index contributed by atoms with van der Waals surface area (Å²) in [6, 6.07) is 5.90. The monoisotopic (exact) mass is 342 g/mol. The summed E-state index contributed by atoms with van der Waals surface area (Å²) < 4.78 is 0. The molecule has 132 valence electrons. The van der Waals surface area contributed by atoms with Gasteiger partial charge in [0.05, 0.1) is 0 Å². The van der Waals surface area contributed by atoms with E-state index in [-0.39, 0.29) is 24.1 Å². The van der Waals surface area contributed by atoms with Gasteiger partial charge in [0.25, 0.3) is 5.91 Å². The number of hydrogen-bond donors (Lipinski definition) is 2. The molecule has 4 rings (SSSR count). The van der Waals surface area contributed by atoms with E-state index < -0.39 is 6.04 Å². The topological polar surface area (TPSA) is 81.8 Å². The van der Waals surface area contributed by atoms with Crippen molar-refractivity contribution >= 4 is 17.7 Å². The van der Waals surface area contributed by atoms with Crippen LogP contribution in [-0.2, 0) is 22.7 Å². The summed E-state index contributed by atoms with van der Waals surface area (Å²) in [6.45, 7) is 3.14. The summed E-state index contributed by atoms with van der Waals surface area (Å²) in [5.74, 6) is -0.715. The smallest absolute Gasteiger partial charge is 0.255 e. The lowest BCUT2D eigenvalue weighted by Crippen LogP contribution is -2.56. The van der Waals surface area contributed by atoms with Crippen molar-refractivity contribution in [3.05, 3.63) is 34.9 Å². The standard InChI is InChI=1S/C18H22N4O3/c1-19-13-9-21(10-13)7-11-3-2-4-12-8-22(18(25)16(11)12)14-5-6-15(23)20-17(14)24/h2-4,13-14,19H,5-10H2,1H3,(H,20,23,24). The van der Waals surface area contributed by atoms with Crippen molar-refractivity contribution in [1.29, 1.82) is 0 Å². The summed E-state index contributed by atoms with van der Waals surface area (Å²) in [4.78, 5) is 40.4. The molecule has 0 bridgehead atoms. The van der Waals surface area contributed by atoms with Crippen molar-refractivity contribution in [3.8, 4) is 0 Å². The first-order valence-electron chi connectivity index (χ1n) is 8.72. The molecule has 3 aliphatic rings. The van der Waals surface area contributed by atoms with Gasteiger partial charge in [0.2, 0.25) is 11.8 Å². The second-order valence-electron chi connectivity index (χ2n) is 7.03. The Morgan fingerprint density at radius 2 is 2.04 bits per heavy atom. The van der Waals surface area contributed by atoms with Crippen LogP contribution in [0.2, 0.25) is 0 Å². The van der Waals surface area contributed by atoms with E-state index in [1.165, 1.54) is 0 Å². The number of likely N-dealkylation sites (N-methyl/N-ethyl adjacent to an activating group) is 1. The van der Waals surface area contributed by atoms with Gasteiger partial charge in [-0.2, -0.15) is 0 Å². The maximum absolute atomic E-state index is 13.0. The molecule has 0 aliphatic carbocycles. The lowest BCUT2D eigenvalue weighted by atomic mass is 10.0. The molecule has 1 aromatic rings. The summed E-state index contributed by atoms with van der Waals surface area (Å²) in [5, 5.41) is 5.59. The Kier molecular flexibility index (Phi) is 4.05. The highest BCUT2D eigenvalue weighted by atomic mass is 16.2. The fourth-order valence-electron chi connectivity index (χ4n) is 3.94. The van der Waals surface area contributed by atoms with Crippen LogP contribution in [0.4, 0.5) is 0 Å². The molecule has 2 saturated heterocycles. The van der Waals surface area contributed by atoms with Gasteiger partial charge in [0, 0.05) is 44.2 Å². The van der Waals surface area contributed by atoms with Crippen LogP contribution in [-0.4, -0.2) is 59.7 Å². The largest absolute Gasteiger partial charge is 0.322 e. The minimum atomic E-state index is -0.553. The highest BCUT2D eigenvalue weighted by molar-refractivity contribution is 6.05. The van der Waals surface area contributed by atoms with Gasteiger partial charge < -0.3 is 10.2 Å². The first kappa shape index (κ1) is 16.2. The summed E-state index contributed by atoms with van der Waals surface area (Å²) >= 11 is 0. The van der Waals surface area contributed by atoms with Crippen LogP contribution in [0.3, 0.4) is 0 Å². The summed E-state index contributed by atoms with van der Waals surface area (Å²) in [7, 11) is 1.96. The van der Waals surface area contributed by atoms with Gasteiger partial charge in [-0.15, -0.1) is 0 Å². The van der Waals surface area contributed by atoms with E-state index in [0.717, 1.165) is 36.3 Å². The SMILES string of the molecule is CNC1CN(Cc2cccc3c2C(=O)N(C2CCC(=O)NC2=O)C3)C1. The van der Waals surface area contributed by atoms with Gasteiger partial charge in [-0.25, -0.2) is 0 Å². The Morgan fingerprint density at radius 1 is 1.24 bits per heavy atom. The molecule has 0 spiro atoms. The number of imide groups is 1. The molecule has 2 fully saturated rings. The number of fused-ring (bicyclic) bond motifs is 1. The van der Waals surface area contributed by atoms with Crippen molar-refractivity contribution in [2.75, 3.05) is 20.1 Å². The maximum atomic E-state index is 13.0. The number of nitrogens with one attached hydrogen (secondary N) is 2. The molecule has 2 N–H and O–H groups in total. The van der Waals surface area contributed by atoms with E-state index in [4.69, 9.17) is 0 Å². The van der Waals surface area contributed by atoms with Crippen LogP contribution < -0.4 is 10.6 Å². The van der Waals surface area contributed by atoms with E-state index in [0.29, 0.717) is 19.0 Å². The Morgan fingerprint density at radius 3 is 2.76 bits per heavy atom. The van der Waals surface area contributed by atoms with Crippen molar-refractivity contribution in [2.45, 2.75) is 38.0 Å². The number of hydrogen-bond acceptors (Lipinski definition) is 5. The molecule has 25 heavy (non-hydrogen) atoms. The first-order valence-corrected chi connectivity index (χ1v) is 8.72. The molecule has 0 saturated carbocycles. The van der Waals surface area contributed by atoms with Crippen LogP contribution in [0.15, 0.2) is 18.2 Å². The second kappa shape index (κ2) is 6.24. The third-order valence-corrected chi connectivity index (χ3v) is 5.40. The number of carbonyl (C=O) groups excluding carboxylic acids is 3. The van der Waals surface area contributed by atoms with Gasteiger partial charge in [0.15, 0.2) is 0 Å². The third-order valence-electron chi connectivity index (χ3n) is 5.40. The molecule has 3 amide bonds. The molecule has 0 radical (unpaired) electrons. The van der Waals surface area contributed by atoms with Crippen molar-refractivity contribution in [1.82, 2.24) is 20.4 Å². The van der Waals surface area contributed by atoms with Crippen molar-refractivity contribution in [2.24, 2.45) is 0 Å². The maximum Gasteiger partial charge on any atom is 0.255 e. The molecule has 7 nitrogen and oxygen atoms in total. The first-order chi connectivity index (χ1) is 12.1. The van der Waals surface area contributed by atoms with Crippen LogP contribution >= 0.6 is 0 Å². The molecule has 1 aromatic carbocycles. The average molecular weight is 342 g/mol. The molecular formula is C18H22N4O3. The number of amides is 3. The number of rotatable bonds is 4. The highest BCUT2D eigenvalue weighted by Gasteiger charge is 2.40. The van der Waals surface area contributed by atoms with E-state index in [1.54, 1.807) is 4.90 Å².